The summed E-state index contributed by atoms with van der Waals surface area (Å²) in [6.07, 6.45) is -8.26. The van der Waals surface area contributed by atoms with E-state index in [2.05, 4.69) is 5.32 Å². The third kappa shape index (κ3) is 5.89. The van der Waals surface area contributed by atoms with Gasteiger partial charge in [0.05, 0.1) is 35.6 Å². The van der Waals surface area contributed by atoms with Crippen molar-refractivity contribution in [2.24, 2.45) is 16.7 Å². The number of benzene rings is 3. The average Bonchev–Trinajstić information content (AvgIpc) is 3.85. The van der Waals surface area contributed by atoms with Gasteiger partial charge in [-0.05, 0) is 43.7 Å². The summed E-state index contributed by atoms with van der Waals surface area (Å²) in [5, 5.41) is 40.0. The molecule has 12 atom stereocenters. The largest absolute Gasteiger partial charge is 0.457 e. The van der Waals surface area contributed by atoms with Crippen molar-refractivity contribution in [3.05, 3.63) is 108 Å². The maximum absolute atomic E-state index is 15.1. The van der Waals surface area contributed by atoms with Gasteiger partial charge in [-0.1, -0.05) is 80.6 Å². The van der Waals surface area contributed by atoms with Crippen molar-refractivity contribution < 1.29 is 63.0 Å². The van der Waals surface area contributed by atoms with Crippen molar-refractivity contribution in [1.29, 1.82) is 0 Å². The van der Waals surface area contributed by atoms with Crippen molar-refractivity contribution in [3.8, 4) is 0 Å². The molecule has 0 aromatic heterocycles. The lowest BCUT2D eigenvalue weighted by Gasteiger charge is -2.67. The molecule has 3 aromatic rings. The lowest BCUT2D eigenvalue weighted by Crippen LogP contribution is -2.82. The van der Waals surface area contributed by atoms with Crippen LogP contribution in [0.3, 0.4) is 0 Å². The second-order valence-corrected chi connectivity index (χ2v) is 17.5. The quantitative estimate of drug-likeness (QED) is 0.139. The normalized spacial score (nSPS) is 37.2. The predicted octanol–water partition coefficient (Wildman–Crippen LogP) is 3.41. The number of epoxide rings is 1. The number of amides is 1. The van der Waals surface area contributed by atoms with Crippen molar-refractivity contribution in [3.63, 3.8) is 0 Å². The minimum atomic E-state index is -2.24. The lowest BCUT2D eigenvalue weighted by atomic mass is 9.42. The summed E-state index contributed by atoms with van der Waals surface area (Å²) in [4.78, 5) is 69.8. The molecule has 59 heavy (non-hydrogen) atoms. The van der Waals surface area contributed by atoms with Gasteiger partial charge in [0.25, 0.3) is 5.91 Å². The van der Waals surface area contributed by atoms with E-state index in [1.165, 1.54) is 26.0 Å². The SMILES string of the molecule is CC(=O)O[C@@]12CO[C@@H]1C[C@H](O)[C@@]1(C)C(=O)C[C@@]34O[C@@]3(C)[C@@H](OC(=O)[C@H](O)[C@@H](NC(=O)c3ccccc3)c3ccccc3)C[C@@](O)([C@@H](OC(=O)c3ccccc3)[C@H]21)C4(C)C. The number of aliphatic hydroxyl groups excluding tert-OH is 2. The van der Waals surface area contributed by atoms with Crippen LogP contribution in [-0.2, 0) is 38.1 Å². The summed E-state index contributed by atoms with van der Waals surface area (Å²) in [5.41, 5.74) is -9.27. The molecule has 14 nitrogen and oxygen atoms in total. The first-order chi connectivity index (χ1) is 27.9. The highest BCUT2D eigenvalue weighted by Gasteiger charge is 2.89. The molecule has 5 aliphatic rings. The molecule has 2 aliphatic heterocycles. The van der Waals surface area contributed by atoms with E-state index in [-0.39, 0.29) is 30.6 Å². The Kier molecular flexibility index (Phi) is 9.71. The number of ketones is 1. The minimum Gasteiger partial charge on any atom is -0.457 e. The summed E-state index contributed by atoms with van der Waals surface area (Å²) in [6, 6.07) is 23.4. The maximum Gasteiger partial charge on any atom is 0.338 e. The van der Waals surface area contributed by atoms with Crippen LogP contribution >= 0.6 is 0 Å². The summed E-state index contributed by atoms with van der Waals surface area (Å²) in [5.74, 6) is -5.17. The third-order valence-electron chi connectivity index (χ3n) is 14.4. The van der Waals surface area contributed by atoms with Crippen LogP contribution in [0.1, 0.15) is 86.2 Å². The van der Waals surface area contributed by atoms with E-state index in [0.29, 0.717) is 5.56 Å². The molecule has 3 saturated carbocycles. The van der Waals surface area contributed by atoms with Crippen LogP contribution in [0.5, 0.6) is 0 Å². The smallest absolute Gasteiger partial charge is 0.338 e. The number of esters is 3. The zero-order chi connectivity index (χ0) is 42.3. The summed E-state index contributed by atoms with van der Waals surface area (Å²) in [6.45, 7) is 7.53. The highest BCUT2D eigenvalue weighted by Crippen LogP contribution is 2.74. The van der Waals surface area contributed by atoms with Gasteiger partial charge in [0.15, 0.2) is 11.7 Å². The molecule has 2 bridgehead atoms. The Balaban J connectivity index is 1.22. The van der Waals surface area contributed by atoms with Gasteiger partial charge >= 0.3 is 17.9 Å². The molecule has 1 spiro atoms. The first-order valence-electron chi connectivity index (χ1n) is 19.9. The monoisotopic (exact) mass is 811 g/mol. The van der Waals surface area contributed by atoms with Gasteiger partial charge in [0.1, 0.15) is 40.9 Å². The van der Waals surface area contributed by atoms with E-state index in [4.69, 9.17) is 23.7 Å². The van der Waals surface area contributed by atoms with Crippen molar-refractivity contribution >= 4 is 29.6 Å². The molecule has 14 heteroatoms. The number of carbonyl (C=O) groups excluding carboxylic acids is 5. The predicted molar refractivity (Wildman–Crippen MR) is 206 cm³/mol. The standard InChI is InChI=1S/C45H49NO13/c1-25(47)58-43-24-55-31(43)21-29(48)41(4)30(49)22-45-40(2,3)44(54,36(35(41)43)57-38(52)28-19-13-8-14-20-28)23-32(42(45,5)59-45)56-39(53)34(50)33(26-15-9-6-10-16-26)46-37(51)27-17-11-7-12-18-27/h6-20,29,31-36,48,50,54H,21-24H2,1-5H3,(H,46,51)/t29-,31+,32-,33-,34+,35-,36-,41-,42-,43-,44+,45-/m0/s1. The molecule has 8 rings (SSSR count). The van der Waals surface area contributed by atoms with Gasteiger partial charge in [0, 0.05) is 37.2 Å². The fourth-order valence-electron chi connectivity index (χ4n) is 10.8. The van der Waals surface area contributed by atoms with E-state index in [1.807, 2.05) is 0 Å². The van der Waals surface area contributed by atoms with Crippen LogP contribution in [0, 0.1) is 16.7 Å². The number of ether oxygens (including phenoxy) is 5. The highest BCUT2D eigenvalue weighted by atomic mass is 16.7. The molecule has 4 N–H and O–H groups in total. The van der Waals surface area contributed by atoms with Gasteiger partial charge in [-0.3, -0.25) is 14.4 Å². The number of hydrogen-bond donors (Lipinski definition) is 4. The number of aliphatic hydroxyl groups is 3. The van der Waals surface area contributed by atoms with Crippen LogP contribution < -0.4 is 5.32 Å². The van der Waals surface area contributed by atoms with Crippen LogP contribution in [0.2, 0.25) is 0 Å². The van der Waals surface area contributed by atoms with E-state index in [1.54, 1.807) is 99.6 Å². The fraction of sp³-hybridized carbons (Fsp3) is 0.489. The minimum absolute atomic E-state index is 0.0835. The van der Waals surface area contributed by atoms with Crippen LogP contribution in [0.4, 0.5) is 0 Å². The molecule has 312 valence electrons. The van der Waals surface area contributed by atoms with Gasteiger partial charge in [-0.15, -0.1) is 0 Å². The summed E-state index contributed by atoms with van der Waals surface area (Å²) in [7, 11) is 0. The molecule has 5 fully saturated rings. The second-order valence-electron chi connectivity index (χ2n) is 17.5. The van der Waals surface area contributed by atoms with Gasteiger partial charge in [0.2, 0.25) is 0 Å². The van der Waals surface area contributed by atoms with Gasteiger partial charge in [-0.25, -0.2) is 9.59 Å². The zero-order valence-corrected chi connectivity index (χ0v) is 33.5. The Bertz CT molecular complexity index is 2170. The molecule has 0 radical (unpaired) electrons. The van der Waals surface area contributed by atoms with Gasteiger partial charge in [-0.2, -0.15) is 0 Å². The number of rotatable bonds is 9. The van der Waals surface area contributed by atoms with Crippen molar-refractivity contribution in [2.75, 3.05) is 6.61 Å². The Morgan fingerprint density at radius 2 is 1.46 bits per heavy atom. The van der Waals surface area contributed by atoms with Crippen LogP contribution in [-0.4, -0.2) is 104 Å². The molecule has 3 aliphatic carbocycles. The van der Waals surface area contributed by atoms with E-state index in [0.717, 1.165) is 0 Å². The number of carbonyl (C=O) groups is 5. The number of hydrogen-bond acceptors (Lipinski definition) is 13. The van der Waals surface area contributed by atoms with Crippen LogP contribution in [0.15, 0.2) is 91.0 Å². The van der Waals surface area contributed by atoms with Crippen LogP contribution in [0.25, 0.3) is 0 Å². The van der Waals surface area contributed by atoms with E-state index >= 15 is 4.79 Å². The highest BCUT2D eigenvalue weighted by molar-refractivity contribution is 5.95. The Morgan fingerprint density at radius 1 is 0.864 bits per heavy atom. The van der Waals surface area contributed by atoms with Crippen molar-refractivity contribution in [1.82, 2.24) is 5.32 Å². The summed E-state index contributed by atoms with van der Waals surface area (Å²) < 4.78 is 31.1. The van der Waals surface area contributed by atoms with Crippen molar-refractivity contribution in [2.45, 2.75) is 113 Å². The maximum atomic E-state index is 15.1. The second kappa shape index (κ2) is 14.1. The Labute approximate surface area is 341 Å². The molecular weight excluding hydrogens is 762 g/mol. The fourth-order valence-corrected chi connectivity index (χ4v) is 10.8. The topological polar surface area (TPSA) is 208 Å². The number of fused-ring (bicyclic) bond motifs is 4. The molecular formula is C45H49NO13. The first kappa shape index (κ1) is 40.8. The zero-order valence-electron chi connectivity index (χ0n) is 33.5. The Hall–Kier alpha value is -4.99. The number of nitrogens with one attached hydrogen (secondary N) is 1. The van der Waals surface area contributed by atoms with E-state index in [9.17, 15) is 34.5 Å². The first-order valence-corrected chi connectivity index (χ1v) is 19.9. The average molecular weight is 812 g/mol. The molecule has 1 amide bonds. The lowest BCUT2D eigenvalue weighted by molar-refractivity contribution is -0.349. The number of Topliss-reactive ketones (excluding diaryl/α,β-unsaturated/α-hetero) is 1. The molecule has 2 heterocycles. The van der Waals surface area contributed by atoms with E-state index < -0.39 is 112 Å². The Morgan fingerprint density at radius 3 is 2.03 bits per heavy atom. The molecule has 2 saturated heterocycles. The molecule has 3 aromatic carbocycles. The molecule has 0 unspecified atom stereocenters. The van der Waals surface area contributed by atoms with Gasteiger partial charge < -0.3 is 44.3 Å². The third-order valence-corrected chi connectivity index (χ3v) is 14.4. The summed E-state index contributed by atoms with van der Waals surface area (Å²) >= 11 is 0.